The summed E-state index contributed by atoms with van der Waals surface area (Å²) in [6.45, 7) is 14.9. The van der Waals surface area contributed by atoms with Crippen molar-refractivity contribution in [3.05, 3.63) is 23.8 Å². The molecule has 0 aromatic heterocycles. The second-order valence-corrected chi connectivity index (χ2v) is 3.77. The maximum atomic E-state index is 4.04. The Labute approximate surface area is 71.0 Å². The summed E-state index contributed by atoms with van der Waals surface area (Å²) >= 11 is 0. The van der Waals surface area contributed by atoms with Crippen molar-refractivity contribution in [3.8, 4) is 0 Å². The third-order valence-electron chi connectivity index (χ3n) is 1.79. The summed E-state index contributed by atoms with van der Waals surface area (Å²) in [4.78, 5) is 0. The molecular formula is C11H20. The molecule has 0 bridgehead atoms. The molecule has 0 fully saturated rings. The van der Waals surface area contributed by atoms with E-state index < -0.39 is 0 Å². The molecule has 0 radical (unpaired) electrons. The average molecular weight is 152 g/mol. The molecule has 0 N–H and O–H groups in total. The molecule has 11 heavy (non-hydrogen) atoms. The monoisotopic (exact) mass is 152 g/mol. The van der Waals surface area contributed by atoms with E-state index in [2.05, 4.69) is 47.3 Å². The first-order valence-corrected chi connectivity index (χ1v) is 4.32. The fourth-order valence-corrected chi connectivity index (χ4v) is 1.06. The standard InChI is InChI=1S/C11H20/c1-8(2)7-10(5)11(6)9(3)4/h7-9H,6H2,1-5H3. The highest BCUT2D eigenvalue weighted by Gasteiger charge is 2.01. The molecule has 0 nitrogen and oxygen atoms in total. The number of rotatable bonds is 3. The SMILES string of the molecule is C=C(C(C)=CC(C)C)C(C)C. The predicted octanol–water partition coefficient (Wildman–Crippen LogP) is 3.80. The van der Waals surface area contributed by atoms with Crippen molar-refractivity contribution in [3.63, 3.8) is 0 Å². The summed E-state index contributed by atoms with van der Waals surface area (Å²) in [6.07, 6.45) is 2.27. The van der Waals surface area contributed by atoms with Gasteiger partial charge in [0.1, 0.15) is 0 Å². The summed E-state index contributed by atoms with van der Waals surface area (Å²) in [7, 11) is 0. The first-order valence-electron chi connectivity index (χ1n) is 4.32. The predicted molar refractivity (Wildman–Crippen MR) is 52.6 cm³/mol. The third kappa shape index (κ3) is 4.02. The first kappa shape index (κ1) is 10.5. The molecule has 0 aliphatic rings. The Morgan fingerprint density at radius 3 is 1.91 bits per heavy atom. The van der Waals surface area contributed by atoms with Crippen LogP contribution >= 0.6 is 0 Å². The van der Waals surface area contributed by atoms with Gasteiger partial charge < -0.3 is 0 Å². The lowest BCUT2D eigenvalue weighted by Gasteiger charge is -2.10. The molecule has 0 rings (SSSR count). The van der Waals surface area contributed by atoms with Gasteiger partial charge in [-0.2, -0.15) is 0 Å². The van der Waals surface area contributed by atoms with E-state index in [0.29, 0.717) is 11.8 Å². The largest absolute Gasteiger partial charge is 0.0953 e. The highest BCUT2D eigenvalue weighted by Crippen LogP contribution is 2.17. The van der Waals surface area contributed by atoms with Crippen LogP contribution in [-0.4, -0.2) is 0 Å². The second kappa shape index (κ2) is 4.38. The molecule has 0 aliphatic heterocycles. The molecule has 0 amide bonds. The molecule has 0 saturated carbocycles. The van der Waals surface area contributed by atoms with Crippen molar-refractivity contribution in [2.45, 2.75) is 34.6 Å². The molecule has 0 heteroatoms. The van der Waals surface area contributed by atoms with Gasteiger partial charge in [-0.05, 0) is 18.8 Å². The van der Waals surface area contributed by atoms with Crippen molar-refractivity contribution in [2.75, 3.05) is 0 Å². The van der Waals surface area contributed by atoms with Crippen LogP contribution in [-0.2, 0) is 0 Å². The van der Waals surface area contributed by atoms with Crippen LogP contribution in [0.25, 0.3) is 0 Å². The van der Waals surface area contributed by atoms with Gasteiger partial charge in [0, 0.05) is 0 Å². The van der Waals surface area contributed by atoms with Crippen molar-refractivity contribution in [1.82, 2.24) is 0 Å². The Kier molecular flexibility index (Phi) is 4.17. The Morgan fingerprint density at radius 1 is 1.18 bits per heavy atom. The molecular weight excluding hydrogens is 132 g/mol. The zero-order valence-electron chi connectivity index (χ0n) is 8.44. The quantitative estimate of drug-likeness (QED) is 0.539. The maximum absolute atomic E-state index is 4.04. The Balaban J connectivity index is 4.24. The lowest BCUT2D eigenvalue weighted by atomic mass is 9.96. The summed E-state index contributed by atoms with van der Waals surface area (Å²) in [5.41, 5.74) is 2.61. The Morgan fingerprint density at radius 2 is 1.64 bits per heavy atom. The lowest BCUT2D eigenvalue weighted by Crippen LogP contribution is -1.95. The van der Waals surface area contributed by atoms with E-state index in [1.54, 1.807) is 0 Å². The summed E-state index contributed by atoms with van der Waals surface area (Å²) in [6, 6.07) is 0. The van der Waals surface area contributed by atoms with Crippen molar-refractivity contribution in [2.24, 2.45) is 11.8 Å². The van der Waals surface area contributed by atoms with E-state index in [1.165, 1.54) is 11.1 Å². The summed E-state index contributed by atoms with van der Waals surface area (Å²) < 4.78 is 0. The second-order valence-electron chi connectivity index (χ2n) is 3.77. The number of hydrogen-bond acceptors (Lipinski definition) is 0. The van der Waals surface area contributed by atoms with Gasteiger partial charge in [0.2, 0.25) is 0 Å². The van der Waals surface area contributed by atoms with Gasteiger partial charge in [0.25, 0.3) is 0 Å². The zero-order valence-corrected chi connectivity index (χ0v) is 8.44. The first-order chi connectivity index (χ1) is 4.95. The number of allylic oxidation sites excluding steroid dienone is 3. The Hall–Kier alpha value is -0.520. The minimum Gasteiger partial charge on any atom is -0.0953 e. The molecule has 0 aliphatic carbocycles. The summed E-state index contributed by atoms with van der Waals surface area (Å²) in [5.74, 6) is 1.20. The molecule has 0 atom stereocenters. The highest BCUT2D eigenvalue weighted by atomic mass is 14.1. The van der Waals surface area contributed by atoms with E-state index in [0.717, 1.165) is 0 Å². The van der Waals surface area contributed by atoms with Gasteiger partial charge in [0.05, 0.1) is 0 Å². The molecule has 0 aromatic rings. The molecule has 0 heterocycles. The van der Waals surface area contributed by atoms with E-state index >= 15 is 0 Å². The molecule has 0 saturated heterocycles. The fourth-order valence-electron chi connectivity index (χ4n) is 1.06. The van der Waals surface area contributed by atoms with Gasteiger partial charge in [0.15, 0.2) is 0 Å². The van der Waals surface area contributed by atoms with E-state index in [1.807, 2.05) is 0 Å². The zero-order chi connectivity index (χ0) is 9.02. The fraction of sp³-hybridized carbons (Fsp3) is 0.636. The van der Waals surface area contributed by atoms with E-state index in [4.69, 9.17) is 0 Å². The minimum atomic E-state index is 0.574. The van der Waals surface area contributed by atoms with Gasteiger partial charge >= 0.3 is 0 Å². The molecule has 0 spiro atoms. The lowest BCUT2D eigenvalue weighted by molar-refractivity contribution is 0.765. The van der Waals surface area contributed by atoms with Gasteiger partial charge in [-0.25, -0.2) is 0 Å². The van der Waals surface area contributed by atoms with Crippen LogP contribution in [0.3, 0.4) is 0 Å². The topological polar surface area (TPSA) is 0 Å². The Bertz CT molecular complexity index is 159. The van der Waals surface area contributed by atoms with E-state index in [9.17, 15) is 0 Å². The third-order valence-corrected chi connectivity index (χ3v) is 1.79. The normalized spacial score (nSPS) is 12.8. The molecule has 0 aromatic carbocycles. The minimum absolute atomic E-state index is 0.574. The summed E-state index contributed by atoms with van der Waals surface area (Å²) in [5, 5.41) is 0. The van der Waals surface area contributed by atoms with Crippen LogP contribution < -0.4 is 0 Å². The van der Waals surface area contributed by atoms with Gasteiger partial charge in [-0.15, -0.1) is 0 Å². The van der Waals surface area contributed by atoms with Crippen molar-refractivity contribution < 1.29 is 0 Å². The van der Waals surface area contributed by atoms with Crippen LogP contribution in [0.15, 0.2) is 23.8 Å². The molecule has 0 unspecified atom stereocenters. The van der Waals surface area contributed by atoms with Gasteiger partial charge in [-0.1, -0.05) is 51.5 Å². The van der Waals surface area contributed by atoms with Crippen molar-refractivity contribution in [1.29, 1.82) is 0 Å². The van der Waals surface area contributed by atoms with Crippen LogP contribution in [0.4, 0.5) is 0 Å². The smallest absolute Gasteiger partial charge is 0.0222 e. The number of hydrogen-bond donors (Lipinski definition) is 0. The van der Waals surface area contributed by atoms with Gasteiger partial charge in [-0.3, -0.25) is 0 Å². The van der Waals surface area contributed by atoms with E-state index in [-0.39, 0.29) is 0 Å². The maximum Gasteiger partial charge on any atom is -0.0222 e. The highest BCUT2D eigenvalue weighted by molar-refractivity contribution is 5.27. The van der Waals surface area contributed by atoms with Crippen LogP contribution in [0.1, 0.15) is 34.6 Å². The molecule has 64 valence electrons. The average Bonchev–Trinajstić information content (AvgIpc) is 1.84. The van der Waals surface area contributed by atoms with Crippen LogP contribution in [0, 0.1) is 11.8 Å². The van der Waals surface area contributed by atoms with Crippen LogP contribution in [0.5, 0.6) is 0 Å². The van der Waals surface area contributed by atoms with Crippen molar-refractivity contribution >= 4 is 0 Å². The van der Waals surface area contributed by atoms with Crippen LogP contribution in [0.2, 0.25) is 0 Å².